The Kier molecular flexibility index (Phi) is 5.53. The van der Waals surface area contributed by atoms with Crippen LogP contribution in [0.15, 0.2) is 109 Å². The SMILES string of the molecule is Cc1ccc2ccc3c(-c4cccc(-c5ccc6c(c5)-c5cccc7cccc-6c57)c4)cc(C4CCCCC4)nc3c2n1. The fraction of sp³-hybridized carbons (Fsp3) is 0.171. The monoisotopic (exact) mass is 552 g/mol. The Hall–Kier alpha value is -4.82. The van der Waals surface area contributed by atoms with Gasteiger partial charge < -0.3 is 0 Å². The highest BCUT2D eigenvalue weighted by Gasteiger charge is 2.23. The zero-order valence-electron chi connectivity index (χ0n) is 24.4. The van der Waals surface area contributed by atoms with Crippen molar-refractivity contribution < 1.29 is 0 Å². The van der Waals surface area contributed by atoms with Crippen LogP contribution in [0.2, 0.25) is 0 Å². The Morgan fingerprint density at radius 3 is 2.12 bits per heavy atom. The summed E-state index contributed by atoms with van der Waals surface area (Å²) in [4.78, 5) is 10.3. The van der Waals surface area contributed by atoms with Gasteiger partial charge in [-0.25, -0.2) is 0 Å². The molecule has 0 unspecified atom stereocenters. The topological polar surface area (TPSA) is 25.8 Å². The second-order valence-corrected chi connectivity index (χ2v) is 12.5. The number of fused-ring (bicyclic) bond motifs is 6. The van der Waals surface area contributed by atoms with Gasteiger partial charge in [0.1, 0.15) is 0 Å². The molecule has 0 spiro atoms. The lowest BCUT2D eigenvalue weighted by atomic mass is 9.85. The maximum absolute atomic E-state index is 5.35. The van der Waals surface area contributed by atoms with Crippen molar-refractivity contribution in [2.45, 2.75) is 44.9 Å². The Balaban J connectivity index is 1.22. The minimum absolute atomic E-state index is 0.515. The molecule has 0 atom stereocenters. The molecule has 2 nitrogen and oxygen atoms in total. The summed E-state index contributed by atoms with van der Waals surface area (Å²) >= 11 is 0. The molecule has 2 heterocycles. The van der Waals surface area contributed by atoms with Gasteiger partial charge in [0.15, 0.2) is 0 Å². The molecule has 0 radical (unpaired) electrons. The lowest BCUT2D eigenvalue weighted by molar-refractivity contribution is 0.437. The molecule has 1 saturated carbocycles. The van der Waals surface area contributed by atoms with Gasteiger partial charge in [-0.1, -0.05) is 104 Å². The first-order chi connectivity index (χ1) is 21.2. The molecule has 7 aromatic rings. The molecule has 9 rings (SSSR count). The summed E-state index contributed by atoms with van der Waals surface area (Å²) in [5.74, 6) is 0.515. The Morgan fingerprint density at radius 1 is 0.512 bits per heavy atom. The highest BCUT2D eigenvalue weighted by Crippen LogP contribution is 2.48. The third kappa shape index (κ3) is 3.93. The van der Waals surface area contributed by atoms with Gasteiger partial charge in [0.25, 0.3) is 0 Å². The van der Waals surface area contributed by atoms with E-state index in [-0.39, 0.29) is 0 Å². The van der Waals surface area contributed by atoms with Gasteiger partial charge in [0.05, 0.1) is 11.0 Å². The minimum Gasteiger partial charge on any atom is -0.251 e. The lowest BCUT2D eigenvalue weighted by Crippen LogP contribution is -2.07. The number of nitrogens with zero attached hydrogens (tertiary/aromatic N) is 2. The number of pyridine rings is 2. The molecular formula is C41H32N2. The maximum Gasteiger partial charge on any atom is 0.0974 e. The number of rotatable bonds is 3. The van der Waals surface area contributed by atoms with Gasteiger partial charge in [0.2, 0.25) is 0 Å². The fourth-order valence-electron chi connectivity index (χ4n) is 7.67. The summed E-state index contributed by atoms with van der Waals surface area (Å²) in [6.45, 7) is 2.07. The first-order valence-electron chi connectivity index (χ1n) is 15.7. The van der Waals surface area contributed by atoms with Crippen LogP contribution in [0, 0.1) is 6.92 Å². The highest BCUT2D eigenvalue weighted by atomic mass is 14.8. The van der Waals surface area contributed by atoms with E-state index in [4.69, 9.17) is 9.97 Å². The average Bonchev–Trinajstić information content (AvgIpc) is 3.39. The first-order valence-corrected chi connectivity index (χ1v) is 15.7. The fourth-order valence-corrected chi connectivity index (χ4v) is 7.67. The molecule has 2 aromatic heterocycles. The van der Waals surface area contributed by atoms with Crippen molar-refractivity contribution in [3.8, 4) is 44.5 Å². The van der Waals surface area contributed by atoms with Crippen LogP contribution in [0.25, 0.3) is 77.1 Å². The van der Waals surface area contributed by atoms with Crippen molar-refractivity contribution >= 4 is 32.6 Å². The van der Waals surface area contributed by atoms with E-state index in [1.807, 2.05) is 0 Å². The van der Waals surface area contributed by atoms with Crippen LogP contribution in [0.5, 0.6) is 0 Å². The smallest absolute Gasteiger partial charge is 0.0974 e. The van der Waals surface area contributed by atoms with E-state index in [1.54, 1.807) is 0 Å². The van der Waals surface area contributed by atoms with Crippen LogP contribution in [-0.4, -0.2) is 9.97 Å². The van der Waals surface area contributed by atoms with E-state index >= 15 is 0 Å². The maximum atomic E-state index is 5.35. The number of benzene rings is 5. The summed E-state index contributed by atoms with van der Waals surface area (Å²) in [6, 6.07) is 40.6. The van der Waals surface area contributed by atoms with Crippen LogP contribution in [-0.2, 0) is 0 Å². The van der Waals surface area contributed by atoms with Crippen LogP contribution in [0.4, 0.5) is 0 Å². The van der Waals surface area contributed by atoms with Crippen LogP contribution in [0.1, 0.15) is 49.4 Å². The van der Waals surface area contributed by atoms with Crippen LogP contribution < -0.4 is 0 Å². The van der Waals surface area contributed by atoms with Gasteiger partial charge in [-0.2, -0.15) is 0 Å². The van der Waals surface area contributed by atoms with Gasteiger partial charge in [-0.3, -0.25) is 9.97 Å². The van der Waals surface area contributed by atoms with Crippen LogP contribution >= 0.6 is 0 Å². The van der Waals surface area contributed by atoms with Gasteiger partial charge in [0, 0.05) is 28.1 Å². The number of hydrogen-bond donors (Lipinski definition) is 0. The summed E-state index contributed by atoms with van der Waals surface area (Å²) < 4.78 is 0. The van der Waals surface area contributed by atoms with Gasteiger partial charge in [-0.15, -0.1) is 0 Å². The zero-order valence-corrected chi connectivity index (χ0v) is 24.4. The second-order valence-electron chi connectivity index (χ2n) is 12.5. The minimum atomic E-state index is 0.515. The summed E-state index contributed by atoms with van der Waals surface area (Å²) in [7, 11) is 0. The average molecular weight is 553 g/mol. The number of hydrogen-bond acceptors (Lipinski definition) is 2. The molecular weight excluding hydrogens is 520 g/mol. The third-order valence-corrected chi connectivity index (χ3v) is 9.83. The number of aromatic nitrogens is 2. The zero-order chi connectivity index (χ0) is 28.5. The van der Waals surface area contributed by atoms with Crippen molar-refractivity contribution in [1.82, 2.24) is 9.97 Å². The Bertz CT molecular complexity index is 2230. The van der Waals surface area contributed by atoms with E-state index in [2.05, 4.69) is 116 Å². The van der Waals surface area contributed by atoms with Gasteiger partial charge in [-0.05, 0) is 99.3 Å². The Labute approximate surface area is 252 Å². The molecule has 43 heavy (non-hydrogen) atoms. The second kappa shape index (κ2) is 9.61. The van der Waals surface area contributed by atoms with Crippen molar-refractivity contribution in [3.63, 3.8) is 0 Å². The molecule has 206 valence electrons. The molecule has 5 aromatic carbocycles. The summed E-state index contributed by atoms with van der Waals surface area (Å²) in [5.41, 5.74) is 14.6. The predicted octanol–water partition coefficient (Wildman–Crippen LogP) is 11.3. The first kappa shape index (κ1) is 24.7. The Morgan fingerprint density at radius 2 is 1.26 bits per heavy atom. The molecule has 0 N–H and O–H groups in total. The standard InChI is InChI=1S/C41H32N2/c1-25-16-17-28-18-21-35-36(24-38(26-8-3-2-4-9-26)43-41(35)40(28)42-25)31-13-5-12-29(22-31)30-19-20-32-33-14-6-10-27-11-7-15-34(39(27)33)37(32)23-30/h5-7,10-24,26H,2-4,8-9H2,1H3. The van der Waals surface area contributed by atoms with E-state index in [1.165, 1.54) is 98.5 Å². The quantitative estimate of drug-likeness (QED) is 0.204. The molecule has 2 aliphatic carbocycles. The molecule has 2 heteroatoms. The molecule has 2 aliphatic rings. The molecule has 0 amide bonds. The van der Waals surface area contributed by atoms with Gasteiger partial charge >= 0.3 is 0 Å². The van der Waals surface area contributed by atoms with Crippen molar-refractivity contribution in [2.24, 2.45) is 0 Å². The third-order valence-electron chi connectivity index (χ3n) is 9.83. The van der Waals surface area contributed by atoms with E-state index < -0.39 is 0 Å². The summed E-state index contributed by atoms with van der Waals surface area (Å²) in [5, 5.41) is 5.02. The highest BCUT2D eigenvalue weighted by molar-refractivity contribution is 6.15. The van der Waals surface area contributed by atoms with Crippen LogP contribution in [0.3, 0.4) is 0 Å². The lowest BCUT2D eigenvalue weighted by Gasteiger charge is -2.23. The normalized spacial score (nSPS) is 14.5. The largest absolute Gasteiger partial charge is 0.251 e. The van der Waals surface area contributed by atoms with Crippen molar-refractivity contribution in [2.75, 3.05) is 0 Å². The predicted molar refractivity (Wildman–Crippen MR) is 180 cm³/mol. The molecule has 0 saturated heterocycles. The van der Waals surface area contributed by atoms with E-state index in [9.17, 15) is 0 Å². The van der Waals surface area contributed by atoms with Crippen molar-refractivity contribution in [3.05, 3.63) is 121 Å². The van der Waals surface area contributed by atoms with E-state index in [0.29, 0.717) is 5.92 Å². The molecule has 0 aliphatic heterocycles. The molecule has 0 bridgehead atoms. The number of aryl methyl sites for hydroxylation is 1. The molecule has 1 fully saturated rings. The van der Waals surface area contributed by atoms with Crippen molar-refractivity contribution in [1.29, 1.82) is 0 Å². The summed E-state index contributed by atoms with van der Waals surface area (Å²) in [6.07, 6.45) is 6.36. The van der Waals surface area contributed by atoms with E-state index in [0.717, 1.165) is 22.1 Å².